The minimum atomic E-state index is -4.37. The van der Waals surface area contributed by atoms with Gasteiger partial charge in [0, 0.05) is 19.4 Å². The predicted octanol–water partition coefficient (Wildman–Crippen LogP) is 12.0. The zero-order valence-electron chi connectivity index (χ0n) is 33.6. The third-order valence-electron chi connectivity index (χ3n) is 9.09. The van der Waals surface area contributed by atoms with E-state index in [1.165, 1.54) is 103 Å². The van der Waals surface area contributed by atoms with E-state index in [0.717, 1.165) is 64.2 Å². The Morgan fingerprint density at radius 3 is 1.52 bits per heavy atom. The lowest BCUT2D eigenvalue weighted by Crippen LogP contribution is -2.29. The number of rotatable bonds is 40. The van der Waals surface area contributed by atoms with Crippen molar-refractivity contribution in [3.63, 3.8) is 0 Å². The standard InChI is InChI=1S/C42H80NO8P/c1-3-5-7-9-11-13-15-17-19-20-21-23-25-27-29-31-33-35-42(45)51-40(39-50-52(46,47)49-37-36-43)38-48-41(44)34-32-30-28-26-24-22-18-16-14-12-10-8-6-4-2/h10,12,16,18,40H,3-9,11,13-15,17,19-39,43H2,1-2H3,(H,46,47)/b12-10+,18-16+/t40-/m1/s1. The van der Waals surface area contributed by atoms with Crippen molar-refractivity contribution in [1.82, 2.24) is 0 Å². The molecule has 0 aliphatic heterocycles. The van der Waals surface area contributed by atoms with Crippen LogP contribution in [0.1, 0.15) is 200 Å². The largest absolute Gasteiger partial charge is 0.472 e. The molecular formula is C42H80NO8P. The highest BCUT2D eigenvalue weighted by Crippen LogP contribution is 2.43. The van der Waals surface area contributed by atoms with Crippen molar-refractivity contribution >= 4 is 19.8 Å². The maximum absolute atomic E-state index is 12.6. The molecule has 0 aliphatic rings. The number of phosphoric acid groups is 1. The van der Waals surface area contributed by atoms with Crippen LogP contribution in [-0.2, 0) is 32.7 Å². The number of esters is 2. The topological polar surface area (TPSA) is 134 Å². The molecule has 0 spiro atoms. The Labute approximate surface area is 319 Å². The van der Waals surface area contributed by atoms with Crippen LogP contribution in [0, 0.1) is 0 Å². The van der Waals surface area contributed by atoms with Crippen molar-refractivity contribution in [3.05, 3.63) is 24.3 Å². The Morgan fingerprint density at radius 2 is 1.02 bits per heavy atom. The highest BCUT2D eigenvalue weighted by Gasteiger charge is 2.26. The Balaban J connectivity index is 4.15. The van der Waals surface area contributed by atoms with Crippen LogP contribution in [-0.4, -0.2) is 49.3 Å². The molecule has 0 aromatic carbocycles. The minimum Gasteiger partial charge on any atom is -0.462 e. The summed E-state index contributed by atoms with van der Waals surface area (Å²) in [6.07, 6.45) is 40.6. The second-order valence-corrected chi connectivity index (χ2v) is 15.7. The van der Waals surface area contributed by atoms with Gasteiger partial charge in [0.05, 0.1) is 13.2 Å². The van der Waals surface area contributed by atoms with E-state index in [4.69, 9.17) is 24.3 Å². The summed E-state index contributed by atoms with van der Waals surface area (Å²) < 4.78 is 32.7. The van der Waals surface area contributed by atoms with Gasteiger partial charge in [-0.1, -0.05) is 173 Å². The number of phosphoric ester groups is 1. The van der Waals surface area contributed by atoms with Crippen molar-refractivity contribution < 1.29 is 37.6 Å². The quantitative estimate of drug-likeness (QED) is 0.0271. The zero-order chi connectivity index (χ0) is 38.2. The Kier molecular flexibility index (Phi) is 38.1. The van der Waals surface area contributed by atoms with Crippen molar-refractivity contribution in [1.29, 1.82) is 0 Å². The summed E-state index contributed by atoms with van der Waals surface area (Å²) in [7, 11) is -4.37. The van der Waals surface area contributed by atoms with Gasteiger partial charge in [-0.3, -0.25) is 18.6 Å². The molecule has 0 saturated carbocycles. The highest BCUT2D eigenvalue weighted by molar-refractivity contribution is 7.47. The first-order valence-electron chi connectivity index (χ1n) is 21.3. The molecule has 3 N–H and O–H groups in total. The molecule has 0 aliphatic carbocycles. The van der Waals surface area contributed by atoms with Gasteiger partial charge in [-0.2, -0.15) is 0 Å². The molecule has 0 aromatic rings. The van der Waals surface area contributed by atoms with Crippen LogP contribution in [0.15, 0.2) is 24.3 Å². The summed E-state index contributed by atoms with van der Waals surface area (Å²) in [6, 6.07) is 0. The fraction of sp³-hybridized carbons (Fsp3) is 0.857. The van der Waals surface area contributed by atoms with Gasteiger partial charge < -0.3 is 20.1 Å². The van der Waals surface area contributed by atoms with Gasteiger partial charge in [-0.15, -0.1) is 0 Å². The Hall–Kier alpha value is -1.51. The van der Waals surface area contributed by atoms with E-state index in [1.54, 1.807) is 0 Å². The van der Waals surface area contributed by atoms with E-state index in [-0.39, 0.29) is 32.6 Å². The number of ether oxygens (including phenoxy) is 2. The molecular weight excluding hydrogens is 677 g/mol. The van der Waals surface area contributed by atoms with E-state index in [0.29, 0.717) is 6.42 Å². The van der Waals surface area contributed by atoms with Gasteiger partial charge in [0.2, 0.25) is 0 Å². The van der Waals surface area contributed by atoms with Gasteiger partial charge in [0.25, 0.3) is 0 Å². The molecule has 2 atom stereocenters. The summed E-state index contributed by atoms with van der Waals surface area (Å²) in [6.45, 7) is 3.69. The van der Waals surface area contributed by atoms with Gasteiger partial charge in [0.1, 0.15) is 6.61 Å². The van der Waals surface area contributed by atoms with Gasteiger partial charge in [-0.05, 0) is 38.5 Å². The summed E-state index contributed by atoms with van der Waals surface area (Å²) in [5.74, 6) is -0.838. The SMILES string of the molecule is CCCC/C=C/C/C=C/CCCCCCCC(=O)OC[C@H](COP(=O)(O)OCCN)OC(=O)CCCCCCCCCCCCCCCCCCC. The van der Waals surface area contributed by atoms with Crippen LogP contribution >= 0.6 is 7.82 Å². The first-order chi connectivity index (χ1) is 25.3. The number of hydrogen-bond donors (Lipinski definition) is 2. The fourth-order valence-electron chi connectivity index (χ4n) is 5.89. The van der Waals surface area contributed by atoms with Crippen LogP contribution in [0.5, 0.6) is 0 Å². The van der Waals surface area contributed by atoms with E-state index in [9.17, 15) is 19.0 Å². The lowest BCUT2D eigenvalue weighted by Gasteiger charge is -2.19. The predicted molar refractivity (Wildman–Crippen MR) is 215 cm³/mol. The number of unbranched alkanes of at least 4 members (excludes halogenated alkanes) is 23. The Bertz CT molecular complexity index is 912. The van der Waals surface area contributed by atoms with Crippen LogP contribution in [0.25, 0.3) is 0 Å². The highest BCUT2D eigenvalue weighted by atomic mass is 31.2. The van der Waals surface area contributed by atoms with Crippen LogP contribution in [0.4, 0.5) is 0 Å². The molecule has 52 heavy (non-hydrogen) atoms. The first-order valence-corrected chi connectivity index (χ1v) is 22.8. The normalized spacial score (nSPS) is 13.5. The number of nitrogens with two attached hydrogens (primary N) is 1. The van der Waals surface area contributed by atoms with Crippen molar-refractivity contribution in [2.75, 3.05) is 26.4 Å². The molecule has 0 amide bonds. The van der Waals surface area contributed by atoms with Crippen LogP contribution < -0.4 is 5.73 Å². The fourth-order valence-corrected chi connectivity index (χ4v) is 6.65. The van der Waals surface area contributed by atoms with Crippen LogP contribution in [0.3, 0.4) is 0 Å². The molecule has 306 valence electrons. The number of carbonyl (C=O) groups is 2. The second-order valence-electron chi connectivity index (χ2n) is 14.2. The second kappa shape index (κ2) is 39.2. The average Bonchev–Trinajstić information content (AvgIpc) is 3.13. The maximum Gasteiger partial charge on any atom is 0.472 e. The molecule has 0 radical (unpaired) electrons. The maximum atomic E-state index is 12.6. The van der Waals surface area contributed by atoms with Crippen molar-refractivity contribution in [3.8, 4) is 0 Å². The minimum absolute atomic E-state index is 0.0530. The third kappa shape index (κ3) is 38.2. The smallest absolute Gasteiger partial charge is 0.462 e. The third-order valence-corrected chi connectivity index (χ3v) is 10.1. The first kappa shape index (κ1) is 50.5. The monoisotopic (exact) mass is 758 g/mol. The molecule has 0 rings (SSSR count). The molecule has 9 nitrogen and oxygen atoms in total. The summed E-state index contributed by atoms with van der Waals surface area (Å²) in [4.78, 5) is 34.8. The number of hydrogen-bond acceptors (Lipinski definition) is 8. The zero-order valence-corrected chi connectivity index (χ0v) is 34.4. The van der Waals surface area contributed by atoms with Gasteiger partial charge >= 0.3 is 19.8 Å². The van der Waals surface area contributed by atoms with E-state index >= 15 is 0 Å². The van der Waals surface area contributed by atoms with Gasteiger partial charge in [0.15, 0.2) is 6.10 Å². The molecule has 0 heterocycles. The van der Waals surface area contributed by atoms with Crippen LogP contribution in [0.2, 0.25) is 0 Å². The Morgan fingerprint density at radius 1 is 0.577 bits per heavy atom. The van der Waals surface area contributed by atoms with Crippen molar-refractivity contribution in [2.45, 2.75) is 206 Å². The summed E-state index contributed by atoms with van der Waals surface area (Å²) >= 11 is 0. The lowest BCUT2D eigenvalue weighted by atomic mass is 10.0. The lowest BCUT2D eigenvalue weighted by molar-refractivity contribution is -0.161. The van der Waals surface area contributed by atoms with Gasteiger partial charge in [-0.25, -0.2) is 4.57 Å². The average molecular weight is 758 g/mol. The van der Waals surface area contributed by atoms with E-state index in [2.05, 4.69) is 38.2 Å². The van der Waals surface area contributed by atoms with E-state index in [1.807, 2.05) is 0 Å². The molecule has 0 fully saturated rings. The molecule has 0 saturated heterocycles. The molecule has 1 unspecified atom stereocenters. The molecule has 10 heteroatoms. The molecule has 0 bridgehead atoms. The van der Waals surface area contributed by atoms with E-state index < -0.39 is 32.5 Å². The summed E-state index contributed by atoms with van der Waals surface area (Å²) in [5.41, 5.74) is 5.34. The summed E-state index contributed by atoms with van der Waals surface area (Å²) in [5, 5.41) is 0. The number of allylic oxidation sites excluding steroid dienone is 4. The van der Waals surface area contributed by atoms with Crippen molar-refractivity contribution in [2.24, 2.45) is 5.73 Å². The molecule has 0 aromatic heterocycles. The number of carbonyl (C=O) groups excluding carboxylic acids is 2.